The van der Waals surface area contributed by atoms with Gasteiger partial charge in [-0.25, -0.2) is 5.43 Å². The highest BCUT2D eigenvalue weighted by atomic mass is 16.5. The number of nitrogens with zero attached hydrogens (tertiary/aromatic N) is 2. The van der Waals surface area contributed by atoms with Crippen molar-refractivity contribution < 1.29 is 9.53 Å². The third-order valence-corrected chi connectivity index (χ3v) is 5.50. The minimum absolute atomic E-state index is 0.246. The molecule has 158 valence electrons. The van der Waals surface area contributed by atoms with Gasteiger partial charge < -0.3 is 4.74 Å². The third-order valence-electron chi connectivity index (χ3n) is 5.50. The van der Waals surface area contributed by atoms with E-state index in [1.807, 2.05) is 84.9 Å². The number of aromatic nitrogens is 1. The Morgan fingerprint density at radius 2 is 1.75 bits per heavy atom. The van der Waals surface area contributed by atoms with Crippen LogP contribution in [-0.2, 0) is 6.61 Å². The van der Waals surface area contributed by atoms with E-state index >= 15 is 0 Å². The molecule has 1 saturated carbocycles. The van der Waals surface area contributed by atoms with Crippen LogP contribution in [-0.4, -0.2) is 17.1 Å². The summed E-state index contributed by atoms with van der Waals surface area (Å²) in [6, 6.07) is 27.2. The average Bonchev–Trinajstić information content (AvgIpc) is 3.69. The van der Waals surface area contributed by atoms with Crippen LogP contribution >= 0.6 is 0 Å². The lowest BCUT2D eigenvalue weighted by Gasteiger charge is -2.09. The normalized spacial score (nSPS) is 13.4. The molecule has 0 aliphatic heterocycles. The molecule has 32 heavy (non-hydrogen) atoms. The number of ether oxygens (including phenoxy) is 1. The molecule has 1 aliphatic rings. The average molecular weight is 422 g/mol. The van der Waals surface area contributed by atoms with Crippen molar-refractivity contribution >= 4 is 23.0 Å². The topological polar surface area (TPSA) is 63.6 Å². The summed E-state index contributed by atoms with van der Waals surface area (Å²) in [5.74, 6) is 0.924. The van der Waals surface area contributed by atoms with Gasteiger partial charge in [0, 0.05) is 22.6 Å². The Morgan fingerprint density at radius 3 is 2.59 bits per heavy atom. The predicted molar refractivity (Wildman–Crippen MR) is 126 cm³/mol. The predicted octanol–water partition coefficient (Wildman–Crippen LogP) is 5.46. The molecule has 0 bridgehead atoms. The SMILES string of the molecule is O=C(N/N=C\c1ccccc1OCc1ccccc1)c1cc(C2CC2)nc2ccccc12. The van der Waals surface area contributed by atoms with Gasteiger partial charge in [-0.15, -0.1) is 0 Å². The molecular formula is C27H23N3O2. The largest absolute Gasteiger partial charge is 0.488 e. The molecule has 1 aliphatic carbocycles. The van der Waals surface area contributed by atoms with Gasteiger partial charge in [-0.05, 0) is 42.7 Å². The molecule has 1 fully saturated rings. The molecule has 5 rings (SSSR count). The number of para-hydroxylation sites is 2. The van der Waals surface area contributed by atoms with E-state index in [1.54, 1.807) is 6.21 Å². The van der Waals surface area contributed by atoms with Crippen molar-refractivity contribution in [3.63, 3.8) is 0 Å². The van der Waals surface area contributed by atoms with Crippen molar-refractivity contribution in [2.75, 3.05) is 0 Å². The van der Waals surface area contributed by atoms with E-state index in [4.69, 9.17) is 9.72 Å². The number of hydrogen-bond acceptors (Lipinski definition) is 4. The van der Waals surface area contributed by atoms with Crippen LogP contribution in [0.15, 0.2) is 90.0 Å². The summed E-state index contributed by atoms with van der Waals surface area (Å²) in [6.45, 7) is 0.463. The second-order valence-corrected chi connectivity index (χ2v) is 7.90. The summed E-state index contributed by atoms with van der Waals surface area (Å²) in [5, 5.41) is 5.04. The Bertz CT molecular complexity index is 1280. The zero-order valence-corrected chi connectivity index (χ0v) is 17.6. The van der Waals surface area contributed by atoms with Gasteiger partial charge >= 0.3 is 0 Å². The van der Waals surface area contributed by atoms with E-state index in [1.165, 1.54) is 0 Å². The van der Waals surface area contributed by atoms with Crippen molar-refractivity contribution in [3.8, 4) is 5.75 Å². The highest BCUT2D eigenvalue weighted by molar-refractivity contribution is 6.06. The number of benzene rings is 3. The monoisotopic (exact) mass is 421 g/mol. The zero-order valence-electron chi connectivity index (χ0n) is 17.6. The van der Waals surface area contributed by atoms with E-state index in [-0.39, 0.29) is 5.91 Å². The summed E-state index contributed by atoms with van der Waals surface area (Å²) in [6.07, 6.45) is 3.87. The fraction of sp³-hybridized carbons (Fsp3) is 0.148. The van der Waals surface area contributed by atoms with E-state index in [9.17, 15) is 4.79 Å². The molecule has 5 heteroatoms. The van der Waals surface area contributed by atoms with E-state index in [2.05, 4.69) is 10.5 Å². The van der Waals surface area contributed by atoms with Crippen LogP contribution in [0, 0.1) is 0 Å². The lowest BCUT2D eigenvalue weighted by Crippen LogP contribution is -2.18. The number of hydrogen-bond donors (Lipinski definition) is 1. The molecule has 0 unspecified atom stereocenters. The summed E-state index contributed by atoms with van der Waals surface area (Å²) < 4.78 is 5.96. The van der Waals surface area contributed by atoms with Crippen molar-refractivity contribution in [1.29, 1.82) is 0 Å². The minimum atomic E-state index is -0.246. The molecule has 1 N–H and O–H groups in total. The Labute approximate surface area is 186 Å². The first-order valence-electron chi connectivity index (χ1n) is 10.8. The van der Waals surface area contributed by atoms with Gasteiger partial charge in [-0.1, -0.05) is 60.7 Å². The summed E-state index contributed by atoms with van der Waals surface area (Å²) in [7, 11) is 0. The first kappa shape index (κ1) is 19.9. The summed E-state index contributed by atoms with van der Waals surface area (Å²) in [5.41, 5.74) is 6.98. The van der Waals surface area contributed by atoms with Crippen LogP contribution in [0.3, 0.4) is 0 Å². The molecule has 0 spiro atoms. The van der Waals surface area contributed by atoms with Gasteiger partial charge in [0.25, 0.3) is 5.91 Å². The summed E-state index contributed by atoms with van der Waals surface area (Å²) >= 11 is 0. The molecule has 0 atom stereocenters. The maximum Gasteiger partial charge on any atom is 0.272 e. The molecule has 0 saturated heterocycles. The number of hydrazone groups is 1. The van der Waals surface area contributed by atoms with Crippen molar-refractivity contribution in [2.24, 2.45) is 5.10 Å². The van der Waals surface area contributed by atoms with Crippen LogP contribution < -0.4 is 10.2 Å². The highest BCUT2D eigenvalue weighted by Gasteiger charge is 2.26. The number of fused-ring (bicyclic) bond motifs is 1. The fourth-order valence-corrected chi connectivity index (χ4v) is 3.65. The molecule has 1 aromatic heterocycles. The number of carbonyl (C=O) groups is 1. The Kier molecular flexibility index (Phi) is 5.62. The lowest BCUT2D eigenvalue weighted by molar-refractivity contribution is 0.0956. The number of carbonyl (C=O) groups excluding carboxylic acids is 1. The Balaban J connectivity index is 1.32. The second kappa shape index (κ2) is 9.02. The van der Waals surface area contributed by atoms with Crippen molar-refractivity contribution in [3.05, 3.63) is 107 Å². The van der Waals surface area contributed by atoms with E-state index < -0.39 is 0 Å². The van der Waals surface area contributed by atoms with Gasteiger partial charge in [0.1, 0.15) is 12.4 Å². The van der Waals surface area contributed by atoms with Crippen LogP contribution in [0.1, 0.15) is 45.9 Å². The fourth-order valence-electron chi connectivity index (χ4n) is 3.65. The highest BCUT2D eigenvalue weighted by Crippen LogP contribution is 2.40. The molecule has 0 radical (unpaired) electrons. The van der Waals surface area contributed by atoms with Gasteiger partial charge in [0.15, 0.2) is 0 Å². The Morgan fingerprint density at radius 1 is 1.00 bits per heavy atom. The second-order valence-electron chi connectivity index (χ2n) is 7.90. The zero-order chi connectivity index (χ0) is 21.8. The summed E-state index contributed by atoms with van der Waals surface area (Å²) in [4.78, 5) is 17.7. The standard InChI is InChI=1S/C27H23N3O2/c31-27(23-16-25(20-14-15-20)29-24-12-6-5-11-22(23)24)30-28-17-21-10-4-7-13-26(21)32-18-19-8-2-1-3-9-19/h1-13,16-17,20H,14-15,18H2,(H,30,31)/b28-17-. The van der Waals surface area contributed by atoms with Gasteiger partial charge in [0.2, 0.25) is 0 Å². The first-order valence-corrected chi connectivity index (χ1v) is 10.8. The van der Waals surface area contributed by atoms with E-state index in [0.29, 0.717) is 23.8 Å². The van der Waals surface area contributed by atoms with Crippen molar-refractivity contribution in [1.82, 2.24) is 10.4 Å². The molecule has 1 amide bonds. The maximum absolute atomic E-state index is 13.0. The molecular weight excluding hydrogens is 398 g/mol. The quantitative estimate of drug-likeness (QED) is 0.319. The van der Waals surface area contributed by atoms with Crippen molar-refractivity contribution in [2.45, 2.75) is 25.4 Å². The molecule has 5 nitrogen and oxygen atoms in total. The van der Waals surface area contributed by atoms with Crippen LogP contribution in [0.5, 0.6) is 5.75 Å². The smallest absolute Gasteiger partial charge is 0.272 e. The van der Waals surface area contributed by atoms with Crippen LogP contribution in [0.2, 0.25) is 0 Å². The maximum atomic E-state index is 13.0. The van der Waals surface area contributed by atoms with Crippen LogP contribution in [0.4, 0.5) is 0 Å². The number of nitrogens with one attached hydrogen (secondary N) is 1. The number of pyridine rings is 1. The van der Waals surface area contributed by atoms with Crippen LogP contribution in [0.25, 0.3) is 10.9 Å². The number of rotatable bonds is 7. The Hall–Kier alpha value is -3.99. The van der Waals surface area contributed by atoms with Gasteiger partial charge in [-0.3, -0.25) is 9.78 Å². The molecule has 4 aromatic rings. The lowest BCUT2D eigenvalue weighted by atomic mass is 10.1. The first-order chi connectivity index (χ1) is 15.8. The third kappa shape index (κ3) is 4.52. The van der Waals surface area contributed by atoms with E-state index in [0.717, 1.165) is 40.6 Å². The molecule has 3 aromatic carbocycles. The minimum Gasteiger partial charge on any atom is -0.488 e. The molecule has 1 heterocycles. The van der Waals surface area contributed by atoms with Gasteiger partial charge in [-0.2, -0.15) is 5.10 Å². The number of amides is 1. The van der Waals surface area contributed by atoms with Gasteiger partial charge in [0.05, 0.1) is 17.3 Å².